The number of hydrogen-bond donors (Lipinski definition) is 1. The van der Waals surface area contributed by atoms with Crippen LogP contribution in [0.15, 0.2) is 54.6 Å². The maximum absolute atomic E-state index is 11.2. The Balaban J connectivity index is 1.59. The van der Waals surface area contributed by atoms with Gasteiger partial charge in [-0.3, -0.25) is 4.79 Å². The summed E-state index contributed by atoms with van der Waals surface area (Å²) in [5.74, 6) is -1.08. The second-order valence-corrected chi connectivity index (χ2v) is 4.78. The molecule has 2 aromatic carbocycles. The first-order valence-corrected chi connectivity index (χ1v) is 7.43. The van der Waals surface area contributed by atoms with Gasteiger partial charge in [-0.1, -0.05) is 18.2 Å². The van der Waals surface area contributed by atoms with Crippen LogP contribution in [-0.2, 0) is 9.53 Å². The number of para-hydroxylation sites is 1. The van der Waals surface area contributed by atoms with E-state index in [0.717, 1.165) is 5.75 Å². The Labute approximate surface area is 139 Å². The fourth-order valence-electron chi connectivity index (χ4n) is 1.88. The lowest BCUT2D eigenvalue weighted by Crippen LogP contribution is -2.13. The monoisotopic (exact) mass is 330 g/mol. The van der Waals surface area contributed by atoms with E-state index in [2.05, 4.69) is 0 Å². The van der Waals surface area contributed by atoms with E-state index in [1.807, 2.05) is 30.3 Å². The van der Waals surface area contributed by atoms with Gasteiger partial charge in [0.15, 0.2) is 0 Å². The lowest BCUT2D eigenvalue weighted by molar-refractivity contribution is -0.131. The second-order valence-electron chi connectivity index (χ2n) is 4.78. The Morgan fingerprint density at radius 3 is 1.83 bits per heavy atom. The van der Waals surface area contributed by atoms with Gasteiger partial charge in [0.25, 0.3) is 5.78 Å². The van der Waals surface area contributed by atoms with Gasteiger partial charge in [0, 0.05) is 5.56 Å². The summed E-state index contributed by atoms with van der Waals surface area (Å²) in [5, 5.41) is 8.61. The van der Waals surface area contributed by atoms with Crippen molar-refractivity contribution >= 4 is 11.8 Å². The molecule has 0 aliphatic heterocycles. The van der Waals surface area contributed by atoms with Crippen molar-refractivity contribution in [1.29, 1.82) is 0 Å². The van der Waals surface area contributed by atoms with E-state index in [-0.39, 0.29) is 5.56 Å². The number of carbonyl (C=O) groups is 2. The molecule has 2 rings (SSSR count). The molecule has 0 radical (unpaired) electrons. The predicted octanol–water partition coefficient (Wildman–Crippen LogP) is 2.43. The molecule has 0 saturated carbocycles. The minimum absolute atomic E-state index is 0.115. The topological polar surface area (TPSA) is 82.1 Å². The molecule has 0 aliphatic rings. The first kappa shape index (κ1) is 17.5. The van der Waals surface area contributed by atoms with Gasteiger partial charge in [-0.25, -0.2) is 4.79 Å². The highest BCUT2D eigenvalue weighted by Crippen LogP contribution is 2.12. The van der Waals surface area contributed by atoms with Gasteiger partial charge in [-0.15, -0.1) is 0 Å². The largest absolute Gasteiger partial charge is 0.491 e. The lowest BCUT2D eigenvalue weighted by Gasteiger charge is -2.08. The fraction of sp³-hybridized carbons (Fsp3) is 0.222. The number of ketones is 1. The minimum Gasteiger partial charge on any atom is -0.491 e. The maximum atomic E-state index is 11.2. The molecule has 0 heterocycles. The van der Waals surface area contributed by atoms with Gasteiger partial charge >= 0.3 is 5.97 Å². The third-order valence-electron chi connectivity index (χ3n) is 3.05. The average Bonchev–Trinajstić information content (AvgIpc) is 2.61. The Kier molecular flexibility index (Phi) is 6.79. The normalized spacial score (nSPS) is 10.2. The summed E-state index contributed by atoms with van der Waals surface area (Å²) < 4.78 is 16.3. The minimum atomic E-state index is -1.48. The van der Waals surface area contributed by atoms with E-state index in [0.29, 0.717) is 32.2 Å². The van der Waals surface area contributed by atoms with Crippen LogP contribution < -0.4 is 9.47 Å². The van der Waals surface area contributed by atoms with E-state index < -0.39 is 11.8 Å². The molecule has 0 amide bonds. The molecular weight excluding hydrogens is 312 g/mol. The van der Waals surface area contributed by atoms with Gasteiger partial charge in [-0.05, 0) is 36.4 Å². The van der Waals surface area contributed by atoms with Crippen molar-refractivity contribution in [2.45, 2.75) is 0 Å². The molecule has 0 aliphatic carbocycles. The fourth-order valence-corrected chi connectivity index (χ4v) is 1.88. The quantitative estimate of drug-likeness (QED) is 0.409. The van der Waals surface area contributed by atoms with Gasteiger partial charge in [0.2, 0.25) is 0 Å². The zero-order valence-corrected chi connectivity index (χ0v) is 13.0. The number of Topliss-reactive ketones (excluding diaryl/α,β-unsaturated/α-hetero) is 1. The van der Waals surface area contributed by atoms with E-state index in [4.69, 9.17) is 19.3 Å². The van der Waals surface area contributed by atoms with Crippen LogP contribution in [0.4, 0.5) is 0 Å². The zero-order valence-electron chi connectivity index (χ0n) is 13.0. The van der Waals surface area contributed by atoms with Crippen LogP contribution in [0.1, 0.15) is 10.4 Å². The molecule has 0 fully saturated rings. The predicted molar refractivity (Wildman–Crippen MR) is 86.7 cm³/mol. The van der Waals surface area contributed by atoms with Crippen LogP contribution in [0.5, 0.6) is 11.5 Å². The number of carbonyl (C=O) groups excluding carboxylic acids is 1. The number of benzene rings is 2. The summed E-state index contributed by atoms with van der Waals surface area (Å²) in [4.78, 5) is 21.8. The smallest absolute Gasteiger partial charge is 0.377 e. The second kappa shape index (κ2) is 9.32. The summed E-state index contributed by atoms with van der Waals surface area (Å²) in [6.07, 6.45) is 0. The first-order chi connectivity index (χ1) is 11.7. The Hall–Kier alpha value is -2.86. The molecule has 0 unspecified atom stereocenters. The standard InChI is InChI=1S/C18H18O6/c19-17(18(20)21)14-6-8-16(9-7-14)24-13-11-22-10-12-23-15-4-2-1-3-5-15/h1-9H,10-13H2,(H,20,21). The van der Waals surface area contributed by atoms with E-state index in [1.54, 1.807) is 12.1 Å². The number of hydrogen-bond acceptors (Lipinski definition) is 5. The average molecular weight is 330 g/mol. The van der Waals surface area contributed by atoms with Crippen LogP contribution in [0.25, 0.3) is 0 Å². The number of aliphatic carboxylic acids is 1. The van der Waals surface area contributed by atoms with Crippen molar-refractivity contribution in [3.63, 3.8) is 0 Å². The molecule has 0 aromatic heterocycles. The summed E-state index contributed by atoms with van der Waals surface area (Å²) >= 11 is 0. The van der Waals surface area contributed by atoms with Crippen LogP contribution in [-0.4, -0.2) is 43.3 Å². The number of carboxylic acids is 1. The molecule has 0 spiro atoms. The van der Waals surface area contributed by atoms with E-state index in [1.165, 1.54) is 12.1 Å². The Morgan fingerprint density at radius 2 is 1.29 bits per heavy atom. The van der Waals surface area contributed by atoms with Gasteiger partial charge in [0.1, 0.15) is 24.7 Å². The van der Waals surface area contributed by atoms with Crippen molar-refractivity contribution < 1.29 is 28.9 Å². The molecular formula is C18H18O6. The van der Waals surface area contributed by atoms with Crippen LogP contribution >= 0.6 is 0 Å². The highest BCUT2D eigenvalue weighted by Gasteiger charge is 2.13. The molecule has 0 bridgehead atoms. The van der Waals surface area contributed by atoms with Gasteiger partial charge < -0.3 is 19.3 Å². The molecule has 1 N–H and O–H groups in total. The summed E-state index contributed by atoms with van der Waals surface area (Å²) in [5.41, 5.74) is 0.115. The molecule has 0 atom stereocenters. The number of rotatable bonds is 10. The molecule has 6 nitrogen and oxygen atoms in total. The van der Waals surface area contributed by atoms with E-state index >= 15 is 0 Å². The summed E-state index contributed by atoms with van der Waals surface area (Å²) in [6.45, 7) is 1.64. The van der Waals surface area contributed by atoms with Crippen molar-refractivity contribution in [3.05, 3.63) is 60.2 Å². The van der Waals surface area contributed by atoms with Crippen molar-refractivity contribution in [2.24, 2.45) is 0 Å². The number of carboxylic acid groups (broad SMARTS) is 1. The molecule has 6 heteroatoms. The first-order valence-electron chi connectivity index (χ1n) is 7.43. The molecule has 2 aromatic rings. The molecule has 24 heavy (non-hydrogen) atoms. The Morgan fingerprint density at radius 1 is 0.750 bits per heavy atom. The van der Waals surface area contributed by atoms with Crippen molar-refractivity contribution in [2.75, 3.05) is 26.4 Å². The highest BCUT2D eigenvalue weighted by molar-refractivity contribution is 6.39. The van der Waals surface area contributed by atoms with Gasteiger partial charge in [0.05, 0.1) is 13.2 Å². The third-order valence-corrected chi connectivity index (χ3v) is 3.05. The third kappa shape index (κ3) is 5.73. The Bertz CT molecular complexity index is 651. The van der Waals surface area contributed by atoms with Gasteiger partial charge in [-0.2, -0.15) is 0 Å². The molecule has 0 saturated heterocycles. The van der Waals surface area contributed by atoms with Crippen molar-refractivity contribution in [1.82, 2.24) is 0 Å². The summed E-state index contributed by atoms with van der Waals surface area (Å²) in [6, 6.07) is 15.4. The number of ether oxygens (including phenoxy) is 3. The zero-order chi connectivity index (χ0) is 17.2. The highest BCUT2D eigenvalue weighted by atomic mass is 16.5. The lowest BCUT2D eigenvalue weighted by atomic mass is 10.1. The maximum Gasteiger partial charge on any atom is 0.377 e. The molecule has 126 valence electrons. The van der Waals surface area contributed by atoms with Crippen molar-refractivity contribution in [3.8, 4) is 11.5 Å². The van der Waals surface area contributed by atoms with Crippen LogP contribution in [0, 0.1) is 0 Å². The van der Waals surface area contributed by atoms with E-state index in [9.17, 15) is 9.59 Å². The van der Waals surface area contributed by atoms with Crippen LogP contribution in [0.2, 0.25) is 0 Å². The van der Waals surface area contributed by atoms with Crippen LogP contribution in [0.3, 0.4) is 0 Å². The SMILES string of the molecule is O=C(O)C(=O)c1ccc(OCCOCCOc2ccccc2)cc1. The summed E-state index contributed by atoms with van der Waals surface area (Å²) in [7, 11) is 0.